The second kappa shape index (κ2) is 5.58. The molecule has 3 atom stereocenters. The first kappa shape index (κ1) is 14.0. The molecule has 120 valence electrons. The molecular formula is C20H18N2O2. The minimum atomic E-state index is -0.134. The van der Waals surface area contributed by atoms with Crippen LogP contribution in [0, 0.1) is 5.92 Å². The molecule has 0 spiro atoms. The van der Waals surface area contributed by atoms with Crippen molar-refractivity contribution in [2.24, 2.45) is 5.92 Å². The predicted molar refractivity (Wildman–Crippen MR) is 91.7 cm³/mol. The van der Waals surface area contributed by atoms with Gasteiger partial charge >= 0.3 is 0 Å². The van der Waals surface area contributed by atoms with E-state index in [0.717, 1.165) is 11.3 Å². The number of hydrogen-bond donors (Lipinski definition) is 1. The summed E-state index contributed by atoms with van der Waals surface area (Å²) in [7, 11) is 0. The molecule has 0 aliphatic carbocycles. The zero-order valence-corrected chi connectivity index (χ0v) is 13.2. The van der Waals surface area contributed by atoms with Gasteiger partial charge in [0.2, 0.25) is 0 Å². The zero-order valence-electron chi connectivity index (χ0n) is 13.2. The van der Waals surface area contributed by atoms with E-state index in [0.29, 0.717) is 19.1 Å². The number of nitrogens with zero attached hydrogens (tertiary/aromatic N) is 1. The summed E-state index contributed by atoms with van der Waals surface area (Å²) in [4.78, 5) is 4.21. The zero-order chi connectivity index (χ0) is 15.9. The van der Waals surface area contributed by atoms with E-state index in [-0.39, 0.29) is 12.3 Å². The summed E-state index contributed by atoms with van der Waals surface area (Å²) in [6.45, 7) is 1.36. The molecule has 4 heteroatoms. The van der Waals surface area contributed by atoms with Crippen LogP contribution in [-0.4, -0.2) is 18.2 Å². The third kappa shape index (κ3) is 2.19. The van der Waals surface area contributed by atoms with Gasteiger partial charge in [0.25, 0.3) is 0 Å². The van der Waals surface area contributed by atoms with E-state index in [4.69, 9.17) is 9.47 Å². The third-order valence-corrected chi connectivity index (χ3v) is 4.96. The highest BCUT2D eigenvalue weighted by Crippen LogP contribution is 2.43. The molecule has 1 saturated heterocycles. The number of pyridine rings is 1. The highest BCUT2D eigenvalue weighted by atomic mass is 16.5. The molecule has 1 aromatic heterocycles. The Bertz CT molecular complexity index is 881. The average Bonchev–Trinajstić information content (AvgIpc) is 2.67. The van der Waals surface area contributed by atoms with E-state index >= 15 is 0 Å². The number of nitrogens with one attached hydrogen (secondary N) is 1. The van der Waals surface area contributed by atoms with Crippen LogP contribution in [0.25, 0.3) is 10.8 Å². The lowest BCUT2D eigenvalue weighted by Gasteiger charge is -2.41. The third-order valence-electron chi connectivity index (χ3n) is 4.96. The molecule has 2 aliphatic rings. The van der Waals surface area contributed by atoms with Crippen LogP contribution >= 0.6 is 0 Å². The van der Waals surface area contributed by atoms with Gasteiger partial charge in [0.1, 0.15) is 12.0 Å². The van der Waals surface area contributed by atoms with E-state index < -0.39 is 0 Å². The standard InChI is InChI=1S/C20H18N2O2/c1-2-6-16-13(4-1)7-8-17-18(16)19-15(11-23-17)12-24-20(22-19)14-5-3-9-21-10-14/h1-10,15,19-20,22H,11-12H2. The van der Waals surface area contributed by atoms with Gasteiger partial charge in [-0.3, -0.25) is 10.3 Å². The molecule has 3 aromatic rings. The fourth-order valence-corrected chi connectivity index (χ4v) is 3.77. The number of ether oxygens (including phenoxy) is 2. The van der Waals surface area contributed by atoms with Crippen molar-refractivity contribution in [1.29, 1.82) is 0 Å². The Hall–Kier alpha value is -2.43. The Labute approximate surface area is 140 Å². The van der Waals surface area contributed by atoms with Crippen LogP contribution < -0.4 is 10.1 Å². The van der Waals surface area contributed by atoms with E-state index in [1.54, 1.807) is 6.20 Å². The van der Waals surface area contributed by atoms with Gasteiger partial charge in [0.05, 0.1) is 13.2 Å². The molecule has 1 N–H and O–H groups in total. The van der Waals surface area contributed by atoms with Crippen molar-refractivity contribution in [3.63, 3.8) is 0 Å². The summed E-state index contributed by atoms with van der Waals surface area (Å²) in [5.74, 6) is 1.30. The lowest BCUT2D eigenvalue weighted by Crippen LogP contribution is -2.45. The van der Waals surface area contributed by atoms with E-state index in [1.165, 1.54) is 16.3 Å². The molecule has 4 nitrogen and oxygen atoms in total. The van der Waals surface area contributed by atoms with Crippen molar-refractivity contribution < 1.29 is 9.47 Å². The van der Waals surface area contributed by atoms with Crippen molar-refractivity contribution in [2.45, 2.75) is 12.3 Å². The second-order valence-electron chi connectivity index (χ2n) is 6.41. The summed E-state index contributed by atoms with van der Waals surface area (Å²) in [5, 5.41) is 6.17. The Kier molecular flexibility index (Phi) is 3.25. The summed E-state index contributed by atoms with van der Waals surface area (Å²) in [6.07, 6.45) is 3.51. The Morgan fingerprint density at radius 2 is 1.96 bits per heavy atom. The maximum absolute atomic E-state index is 6.03. The molecule has 3 heterocycles. The predicted octanol–water partition coefficient (Wildman–Crippen LogP) is 3.60. The number of rotatable bonds is 1. The Morgan fingerprint density at radius 1 is 1.00 bits per heavy atom. The van der Waals surface area contributed by atoms with Gasteiger partial charge in [-0.1, -0.05) is 36.4 Å². The van der Waals surface area contributed by atoms with Crippen LogP contribution in [0.4, 0.5) is 0 Å². The van der Waals surface area contributed by atoms with Gasteiger partial charge in [0.15, 0.2) is 0 Å². The highest BCUT2D eigenvalue weighted by Gasteiger charge is 2.38. The van der Waals surface area contributed by atoms with E-state index in [2.05, 4.69) is 46.7 Å². The fourth-order valence-electron chi connectivity index (χ4n) is 3.77. The molecule has 1 fully saturated rings. The lowest BCUT2D eigenvalue weighted by molar-refractivity contribution is -0.0709. The Morgan fingerprint density at radius 3 is 2.88 bits per heavy atom. The topological polar surface area (TPSA) is 43.4 Å². The molecule has 3 unspecified atom stereocenters. The molecule has 5 rings (SSSR count). The van der Waals surface area contributed by atoms with Crippen LogP contribution in [0.2, 0.25) is 0 Å². The van der Waals surface area contributed by atoms with Crippen molar-refractivity contribution in [3.8, 4) is 5.75 Å². The van der Waals surface area contributed by atoms with Gasteiger partial charge in [-0.2, -0.15) is 0 Å². The SMILES string of the molecule is c1cncc(C2NC3c4c(ccc5ccccc45)OCC3CO2)c1. The minimum Gasteiger partial charge on any atom is -0.493 e. The molecular weight excluding hydrogens is 300 g/mol. The van der Waals surface area contributed by atoms with Gasteiger partial charge in [-0.25, -0.2) is 0 Å². The van der Waals surface area contributed by atoms with Crippen molar-refractivity contribution in [2.75, 3.05) is 13.2 Å². The van der Waals surface area contributed by atoms with Gasteiger partial charge in [0, 0.05) is 35.5 Å². The maximum Gasteiger partial charge on any atom is 0.136 e. The molecule has 24 heavy (non-hydrogen) atoms. The van der Waals surface area contributed by atoms with Crippen molar-refractivity contribution in [3.05, 3.63) is 72.1 Å². The van der Waals surface area contributed by atoms with Crippen LogP contribution in [0.3, 0.4) is 0 Å². The van der Waals surface area contributed by atoms with Gasteiger partial charge in [-0.05, 0) is 22.9 Å². The minimum absolute atomic E-state index is 0.134. The first-order valence-corrected chi connectivity index (χ1v) is 8.32. The number of hydrogen-bond acceptors (Lipinski definition) is 4. The molecule has 0 saturated carbocycles. The number of fused-ring (bicyclic) bond motifs is 5. The van der Waals surface area contributed by atoms with Gasteiger partial charge < -0.3 is 9.47 Å². The average molecular weight is 318 g/mol. The first-order valence-electron chi connectivity index (χ1n) is 8.32. The van der Waals surface area contributed by atoms with Crippen LogP contribution in [0.5, 0.6) is 5.75 Å². The van der Waals surface area contributed by atoms with Crippen LogP contribution in [0.15, 0.2) is 60.9 Å². The van der Waals surface area contributed by atoms with E-state index in [1.807, 2.05) is 18.3 Å². The summed E-state index contributed by atoms with van der Waals surface area (Å²) < 4.78 is 12.0. The first-order chi connectivity index (χ1) is 11.9. The molecule has 0 bridgehead atoms. The van der Waals surface area contributed by atoms with Crippen LogP contribution in [-0.2, 0) is 4.74 Å². The summed E-state index contributed by atoms with van der Waals surface area (Å²) >= 11 is 0. The molecule has 2 aliphatic heterocycles. The monoisotopic (exact) mass is 318 g/mol. The summed E-state index contributed by atoms with van der Waals surface area (Å²) in [5.41, 5.74) is 2.31. The largest absolute Gasteiger partial charge is 0.493 e. The van der Waals surface area contributed by atoms with Gasteiger partial charge in [-0.15, -0.1) is 0 Å². The van der Waals surface area contributed by atoms with E-state index in [9.17, 15) is 0 Å². The molecule has 0 amide bonds. The Balaban J connectivity index is 1.59. The normalized spacial score (nSPS) is 25.6. The fraction of sp³-hybridized carbons (Fsp3) is 0.250. The molecule has 0 radical (unpaired) electrons. The summed E-state index contributed by atoms with van der Waals surface area (Å²) in [6, 6.07) is 16.9. The van der Waals surface area contributed by atoms with Crippen LogP contribution in [0.1, 0.15) is 23.4 Å². The second-order valence-corrected chi connectivity index (χ2v) is 6.41. The quantitative estimate of drug-likeness (QED) is 0.744. The number of benzene rings is 2. The van der Waals surface area contributed by atoms with Crippen molar-refractivity contribution >= 4 is 10.8 Å². The molecule has 2 aromatic carbocycles. The maximum atomic E-state index is 6.03. The number of aromatic nitrogens is 1. The lowest BCUT2D eigenvalue weighted by atomic mass is 9.86. The van der Waals surface area contributed by atoms with Crippen molar-refractivity contribution in [1.82, 2.24) is 10.3 Å². The highest BCUT2D eigenvalue weighted by molar-refractivity contribution is 5.88. The smallest absolute Gasteiger partial charge is 0.136 e.